The molecule has 1 aromatic carbocycles. The highest BCUT2D eigenvalue weighted by Gasteiger charge is 2.17. The van der Waals surface area contributed by atoms with Crippen LogP contribution in [0.25, 0.3) is 0 Å². The molecule has 0 aromatic heterocycles. The van der Waals surface area contributed by atoms with E-state index in [1.165, 1.54) is 0 Å². The molecule has 1 aromatic rings. The zero-order valence-electron chi connectivity index (χ0n) is 14.9. The number of carbonyl (C=O) groups excluding carboxylic acids is 1. The van der Waals surface area contributed by atoms with Gasteiger partial charge >= 0.3 is 0 Å². The van der Waals surface area contributed by atoms with Crippen LogP contribution in [0.2, 0.25) is 0 Å². The summed E-state index contributed by atoms with van der Waals surface area (Å²) in [6.07, 6.45) is 3.65. The molecule has 0 saturated carbocycles. The molecule has 0 atom stereocenters. The second-order valence-corrected chi connectivity index (χ2v) is 6.35. The number of nitrogens with one attached hydrogen (secondary N) is 1. The predicted molar refractivity (Wildman–Crippen MR) is 95.2 cm³/mol. The molecule has 0 spiro atoms. The molecule has 1 fully saturated rings. The van der Waals surface area contributed by atoms with E-state index in [1.54, 1.807) is 0 Å². The van der Waals surface area contributed by atoms with Crippen molar-refractivity contribution in [3.63, 3.8) is 0 Å². The Balaban J connectivity index is 1.72. The number of carbonyl (C=O) groups is 1. The van der Waals surface area contributed by atoms with Crippen LogP contribution in [-0.4, -0.2) is 50.3 Å². The number of benzene rings is 1. The predicted octanol–water partition coefficient (Wildman–Crippen LogP) is 2.59. The van der Waals surface area contributed by atoms with Crippen molar-refractivity contribution in [3.05, 3.63) is 29.8 Å². The summed E-state index contributed by atoms with van der Waals surface area (Å²) in [5.41, 5.74) is 1.06. The molecular formula is C19H30N2O3. The largest absolute Gasteiger partial charge is 0.492 e. The second kappa shape index (κ2) is 10.3. The minimum Gasteiger partial charge on any atom is -0.492 e. The van der Waals surface area contributed by atoms with E-state index in [4.69, 9.17) is 9.47 Å². The lowest BCUT2D eigenvalue weighted by molar-refractivity contribution is -0.121. The number of rotatable bonds is 9. The van der Waals surface area contributed by atoms with Gasteiger partial charge in [-0.05, 0) is 44.0 Å². The Morgan fingerprint density at radius 3 is 2.92 bits per heavy atom. The first-order valence-corrected chi connectivity index (χ1v) is 8.95. The fourth-order valence-electron chi connectivity index (χ4n) is 2.88. The van der Waals surface area contributed by atoms with Crippen molar-refractivity contribution < 1.29 is 14.3 Å². The van der Waals surface area contributed by atoms with Crippen molar-refractivity contribution in [2.75, 3.05) is 33.4 Å². The monoisotopic (exact) mass is 334 g/mol. The van der Waals surface area contributed by atoms with Gasteiger partial charge in [0.2, 0.25) is 5.91 Å². The highest BCUT2D eigenvalue weighted by molar-refractivity contribution is 5.75. The molecule has 134 valence electrons. The van der Waals surface area contributed by atoms with Crippen LogP contribution in [-0.2, 0) is 16.1 Å². The lowest BCUT2D eigenvalue weighted by Crippen LogP contribution is -2.38. The average Bonchev–Trinajstić information content (AvgIpc) is 2.61. The molecule has 5 heteroatoms. The summed E-state index contributed by atoms with van der Waals surface area (Å²) in [6, 6.07) is 8.54. The van der Waals surface area contributed by atoms with Crippen LogP contribution in [0.4, 0.5) is 0 Å². The fraction of sp³-hybridized carbons (Fsp3) is 0.632. The van der Waals surface area contributed by atoms with Gasteiger partial charge in [0, 0.05) is 38.8 Å². The van der Waals surface area contributed by atoms with Crippen LogP contribution in [0.15, 0.2) is 24.3 Å². The Bertz CT molecular complexity index is 501. The third kappa shape index (κ3) is 6.49. The Hall–Kier alpha value is -1.59. The van der Waals surface area contributed by atoms with Crippen molar-refractivity contribution in [1.29, 1.82) is 0 Å². The molecule has 1 aliphatic heterocycles. The second-order valence-electron chi connectivity index (χ2n) is 6.35. The summed E-state index contributed by atoms with van der Waals surface area (Å²) in [7, 11) is 2.15. The number of hydrogen-bond acceptors (Lipinski definition) is 4. The van der Waals surface area contributed by atoms with Gasteiger partial charge in [-0.2, -0.15) is 0 Å². The highest BCUT2D eigenvalue weighted by Crippen LogP contribution is 2.15. The summed E-state index contributed by atoms with van der Waals surface area (Å²) < 4.78 is 11.3. The number of ether oxygens (including phenoxy) is 2. The molecule has 1 N–H and O–H groups in total. The first kappa shape index (κ1) is 18.7. The molecule has 0 bridgehead atoms. The molecule has 0 unspecified atom stereocenters. The summed E-state index contributed by atoms with van der Waals surface area (Å²) in [5.74, 6) is 0.958. The molecular weight excluding hydrogens is 304 g/mol. The van der Waals surface area contributed by atoms with Gasteiger partial charge in [0.05, 0.1) is 0 Å². The topological polar surface area (TPSA) is 50.8 Å². The van der Waals surface area contributed by atoms with Crippen LogP contribution in [0, 0.1) is 0 Å². The summed E-state index contributed by atoms with van der Waals surface area (Å²) in [5, 5.41) is 2.93. The van der Waals surface area contributed by atoms with E-state index in [-0.39, 0.29) is 5.91 Å². The lowest BCUT2D eigenvalue weighted by Gasteiger charge is -2.31. The molecule has 1 heterocycles. The van der Waals surface area contributed by atoms with Crippen molar-refractivity contribution in [1.82, 2.24) is 10.2 Å². The molecule has 5 nitrogen and oxygen atoms in total. The molecule has 1 amide bonds. The Labute approximate surface area is 145 Å². The molecule has 2 rings (SSSR count). The van der Waals surface area contributed by atoms with E-state index in [0.717, 1.165) is 50.3 Å². The molecule has 1 saturated heterocycles. The molecule has 24 heavy (non-hydrogen) atoms. The van der Waals surface area contributed by atoms with E-state index in [9.17, 15) is 4.79 Å². The zero-order valence-corrected chi connectivity index (χ0v) is 14.9. The number of likely N-dealkylation sites (N-methyl/N-ethyl adjacent to an activating group) is 1. The van der Waals surface area contributed by atoms with Gasteiger partial charge in [-0.25, -0.2) is 0 Å². The van der Waals surface area contributed by atoms with E-state index in [1.807, 2.05) is 31.2 Å². The van der Waals surface area contributed by atoms with Gasteiger partial charge in [0.1, 0.15) is 12.4 Å². The van der Waals surface area contributed by atoms with Crippen LogP contribution >= 0.6 is 0 Å². The maximum atomic E-state index is 11.5. The first-order valence-electron chi connectivity index (χ1n) is 8.95. The molecule has 0 radical (unpaired) electrons. The minimum absolute atomic E-state index is 0.0990. The minimum atomic E-state index is 0.0990. The van der Waals surface area contributed by atoms with Gasteiger partial charge in [0.25, 0.3) is 0 Å². The van der Waals surface area contributed by atoms with Gasteiger partial charge < -0.3 is 14.8 Å². The van der Waals surface area contributed by atoms with Crippen LogP contribution in [0.5, 0.6) is 5.75 Å². The quantitative estimate of drug-likeness (QED) is 0.754. The summed E-state index contributed by atoms with van der Waals surface area (Å²) in [4.78, 5) is 13.9. The Morgan fingerprint density at radius 2 is 2.17 bits per heavy atom. The third-order valence-electron chi connectivity index (χ3n) is 4.39. The third-order valence-corrected chi connectivity index (χ3v) is 4.39. The SMILES string of the molecule is CCCC(=O)NCc1cccc(OCCN(C)C2CCOCC2)c1. The van der Waals surface area contributed by atoms with Crippen molar-refractivity contribution in [2.24, 2.45) is 0 Å². The number of nitrogens with zero attached hydrogens (tertiary/aromatic N) is 1. The highest BCUT2D eigenvalue weighted by atomic mass is 16.5. The van der Waals surface area contributed by atoms with Gasteiger partial charge in [0.15, 0.2) is 0 Å². The van der Waals surface area contributed by atoms with Crippen molar-refractivity contribution in [2.45, 2.75) is 45.2 Å². The standard InChI is InChI=1S/C19H30N2O3/c1-3-5-19(22)20-15-16-6-4-7-18(14-16)24-13-10-21(2)17-8-11-23-12-9-17/h4,6-7,14,17H,3,5,8-13,15H2,1-2H3,(H,20,22). The Kier molecular flexibility index (Phi) is 8.05. The van der Waals surface area contributed by atoms with Crippen LogP contribution in [0.1, 0.15) is 38.2 Å². The van der Waals surface area contributed by atoms with E-state index >= 15 is 0 Å². The van der Waals surface area contributed by atoms with Crippen molar-refractivity contribution >= 4 is 5.91 Å². The molecule has 1 aliphatic rings. The summed E-state index contributed by atoms with van der Waals surface area (Å²) in [6.45, 7) is 5.86. The lowest BCUT2D eigenvalue weighted by atomic mass is 10.1. The smallest absolute Gasteiger partial charge is 0.220 e. The van der Waals surface area contributed by atoms with E-state index in [0.29, 0.717) is 25.6 Å². The fourth-order valence-corrected chi connectivity index (χ4v) is 2.88. The van der Waals surface area contributed by atoms with Gasteiger partial charge in [-0.15, -0.1) is 0 Å². The number of amides is 1. The van der Waals surface area contributed by atoms with Gasteiger partial charge in [-0.1, -0.05) is 19.1 Å². The van der Waals surface area contributed by atoms with E-state index < -0.39 is 0 Å². The van der Waals surface area contributed by atoms with E-state index in [2.05, 4.69) is 17.3 Å². The molecule has 0 aliphatic carbocycles. The first-order chi connectivity index (χ1) is 11.7. The van der Waals surface area contributed by atoms with Gasteiger partial charge in [-0.3, -0.25) is 9.69 Å². The average molecular weight is 334 g/mol. The summed E-state index contributed by atoms with van der Waals surface area (Å²) >= 11 is 0. The normalized spacial score (nSPS) is 15.5. The maximum Gasteiger partial charge on any atom is 0.220 e. The van der Waals surface area contributed by atoms with Crippen LogP contribution in [0.3, 0.4) is 0 Å². The Morgan fingerprint density at radius 1 is 1.38 bits per heavy atom. The van der Waals surface area contributed by atoms with Crippen LogP contribution < -0.4 is 10.1 Å². The number of hydrogen-bond donors (Lipinski definition) is 1. The van der Waals surface area contributed by atoms with Crippen molar-refractivity contribution in [3.8, 4) is 5.75 Å². The zero-order chi connectivity index (χ0) is 17.2. The maximum absolute atomic E-state index is 11.5.